The van der Waals surface area contributed by atoms with Gasteiger partial charge in [-0.05, 0) is 43.9 Å². The minimum atomic E-state index is -0.680. The van der Waals surface area contributed by atoms with Crippen LogP contribution in [0, 0.1) is 17.8 Å². The predicted molar refractivity (Wildman–Crippen MR) is 93.6 cm³/mol. The van der Waals surface area contributed by atoms with Crippen molar-refractivity contribution in [3.05, 3.63) is 26.6 Å². The Balaban J connectivity index is 1.52. The average Bonchev–Trinajstić information content (AvgIpc) is 3.18. The first-order valence-electron chi connectivity index (χ1n) is 8.36. The first kappa shape index (κ1) is 18.2. The first-order chi connectivity index (χ1) is 11.8. The van der Waals surface area contributed by atoms with Crippen molar-refractivity contribution < 1.29 is 9.59 Å². The summed E-state index contributed by atoms with van der Waals surface area (Å²) in [6.07, 6.45) is 6.10. The van der Waals surface area contributed by atoms with Crippen LogP contribution in [0.2, 0.25) is 10.0 Å². The van der Waals surface area contributed by atoms with Gasteiger partial charge >= 0.3 is 6.03 Å². The molecule has 3 amide bonds. The van der Waals surface area contributed by atoms with Crippen LogP contribution in [0.4, 0.5) is 4.79 Å². The summed E-state index contributed by atoms with van der Waals surface area (Å²) in [6.45, 7) is 1.56. The van der Waals surface area contributed by atoms with Crippen molar-refractivity contribution in [2.45, 2.75) is 45.2 Å². The maximum absolute atomic E-state index is 12.0. The van der Waals surface area contributed by atoms with E-state index in [9.17, 15) is 14.4 Å². The van der Waals surface area contributed by atoms with E-state index in [4.69, 9.17) is 23.2 Å². The highest BCUT2D eigenvalue weighted by molar-refractivity contribution is 6.41. The molecule has 0 unspecified atom stereocenters. The van der Waals surface area contributed by atoms with Crippen molar-refractivity contribution in [1.29, 1.82) is 0 Å². The molecule has 2 bridgehead atoms. The topological polar surface area (TPSA) is 93.1 Å². The fourth-order valence-electron chi connectivity index (χ4n) is 4.12. The van der Waals surface area contributed by atoms with Crippen molar-refractivity contribution >= 4 is 35.1 Å². The van der Waals surface area contributed by atoms with Gasteiger partial charge in [-0.15, -0.1) is 0 Å². The Hall–Kier alpha value is -1.60. The van der Waals surface area contributed by atoms with Crippen LogP contribution in [0.1, 0.15) is 32.6 Å². The fraction of sp³-hybridized carbons (Fsp3) is 0.625. The molecule has 2 fully saturated rings. The summed E-state index contributed by atoms with van der Waals surface area (Å²) in [7, 11) is 0. The van der Waals surface area contributed by atoms with Crippen molar-refractivity contribution in [3.63, 3.8) is 0 Å². The lowest BCUT2D eigenvalue weighted by Gasteiger charge is -2.28. The molecule has 2 saturated carbocycles. The molecule has 0 saturated heterocycles. The van der Waals surface area contributed by atoms with Gasteiger partial charge < -0.3 is 5.32 Å². The zero-order chi connectivity index (χ0) is 18.1. The number of carbonyl (C=O) groups excluding carboxylic acids is 2. The van der Waals surface area contributed by atoms with E-state index in [1.54, 1.807) is 0 Å². The Morgan fingerprint density at radius 1 is 1.36 bits per heavy atom. The van der Waals surface area contributed by atoms with Gasteiger partial charge in [-0.1, -0.05) is 29.6 Å². The number of hydrogen-bond acceptors (Lipinski definition) is 4. The lowest BCUT2D eigenvalue weighted by Crippen LogP contribution is -2.48. The molecule has 1 aromatic heterocycles. The molecule has 9 heteroatoms. The number of urea groups is 1. The summed E-state index contributed by atoms with van der Waals surface area (Å²) >= 11 is 11.4. The normalized spacial score (nSPS) is 25.6. The summed E-state index contributed by atoms with van der Waals surface area (Å²) < 4.78 is 0.857. The lowest BCUT2D eigenvalue weighted by molar-refractivity contribution is -0.120. The van der Waals surface area contributed by atoms with E-state index in [-0.39, 0.29) is 16.1 Å². The van der Waals surface area contributed by atoms with Gasteiger partial charge in [-0.2, -0.15) is 5.10 Å². The minimum absolute atomic E-state index is 0.00826. The molecule has 0 radical (unpaired) electrons. The summed E-state index contributed by atoms with van der Waals surface area (Å²) in [5.74, 6) is 1.29. The highest BCUT2D eigenvalue weighted by atomic mass is 35.5. The van der Waals surface area contributed by atoms with E-state index in [0.717, 1.165) is 17.0 Å². The summed E-state index contributed by atoms with van der Waals surface area (Å²) in [5.41, 5.74) is -0.680. The highest BCUT2D eigenvalue weighted by Crippen LogP contribution is 2.49. The van der Waals surface area contributed by atoms with Crippen LogP contribution in [-0.4, -0.2) is 27.8 Å². The van der Waals surface area contributed by atoms with E-state index in [0.29, 0.717) is 11.8 Å². The van der Waals surface area contributed by atoms with Gasteiger partial charge in [0.1, 0.15) is 11.6 Å². The smallest absolute Gasteiger partial charge is 0.321 e. The van der Waals surface area contributed by atoms with Gasteiger partial charge in [0.15, 0.2) is 0 Å². The number of hydrogen-bond donors (Lipinski definition) is 2. The van der Waals surface area contributed by atoms with Crippen molar-refractivity contribution in [3.8, 4) is 0 Å². The average molecular weight is 387 g/mol. The molecule has 0 aromatic carbocycles. The van der Waals surface area contributed by atoms with Crippen molar-refractivity contribution in [1.82, 2.24) is 20.4 Å². The number of carbonyl (C=O) groups is 2. The molecule has 136 valence electrons. The Kier molecular flexibility index (Phi) is 5.34. The van der Waals surface area contributed by atoms with Crippen LogP contribution in [-0.2, 0) is 11.3 Å². The van der Waals surface area contributed by atoms with Gasteiger partial charge in [-0.3, -0.25) is 14.9 Å². The standard InChI is InChI=1S/C16H20Cl2N4O3/c1-8(11-5-9-2-3-10(11)4-9)20-16(25)21-13(23)7-22-15(24)14(18)12(17)6-19-22/h6,8-11H,2-5,7H2,1H3,(H2,20,21,23,25)/t8-,9+,10+,11+/m1/s1. The quantitative estimate of drug-likeness (QED) is 0.829. The monoisotopic (exact) mass is 386 g/mol. The Labute approximate surface area is 155 Å². The largest absolute Gasteiger partial charge is 0.335 e. The van der Waals surface area contributed by atoms with Crippen molar-refractivity contribution in [2.24, 2.45) is 17.8 Å². The Morgan fingerprint density at radius 2 is 2.12 bits per heavy atom. The minimum Gasteiger partial charge on any atom is -0.335 e. The molecule has 4 atom stereocenters. The summed E-state index contributed by atoms with van der Waals surface area (Å²) in [6, 6.07) is -0.553. The number of rotatable bonds is 4. The van der Waals surface area contributed by atoms with E-state index in [1.807, 2.05) is 6.92 Å². The number of nitrogens with zero attached hydrogens (tertiary/aromatic N) is 2. The maximum Gasteiger partial charge on any atom is 0.321 e. The van der Waals surface area contributed by atoms with Gasteiger partial charge in [0.05, 0.1) is 11.2 Å². The van der Waals surface area contributed by atoms with Crippen LogP contribution in [0.3, 0.4) is 0 Å². The molecule has 0 aliphatic heterocycles. The van der Waals surface area contributed by atoms with Crippen LogP contribution < -0.4 is 16.2 Å². The highest BCUT2D eigenvalue weighted by Gasteiger charge is 2.42. The second kappa shape index (κ2) is 7.33. The number of fused-ring (bicyclic) bond motifs is 2. The first-order valence-corrected chi connectivity index (χ1v) is 9.12. The van der Waals surface area contributed by atoms with Crippen LogP contribution in [0.5, 0.6) is 0 Å². The lowest BCUT2D eigenvalue weighted by atomic mass is 9.84. The van der Waals surface area contributed by atoms with Crippen LogP contribution in [0.15, 0.2) is 11.0 Å². The van der Waals surface area contributed by atoms with Gasteiger partial charge in [0, 0.05) is 6.04 Å². The van der Waals surface area contributed by atoms with Crippen LogP contribution >= 0.6 is 23.2 Å². The summed E-state index contributed by atoms with van der Waals surface area (Å²) in [5, 5.41) is 8.59. The molecule has 2 aliphatic rings. The van der Waals surface area contributed by atoms with Gasteiger partial charge in [0.25, 0.3) is 5.56 Å². The number of halogens is 2. The van der Waals surface area contributed by atoms with E-state index >= 15 is 0 Å². The van der Waals surface area contributed by atoms with Crippen LogP contribution in [0.25, 0.3) is 0 Å². The Morgan fingerprint density at radius 3 is 2.76 bits per heavy atom. The third kappa shape index (κ3) is 3.98. The zero-order valence-electron chi connectivity index (χ0n) is 13.8. The summed E-state index contributed by atoms with van der Waals surface area (Å²) in [4.78, 5) is 35.8. The molecule has 2 N–H and O–H groups in total. The SMILES string of the molecule is C[C@@H](NC(=O)NC(=O)Cn1ncc(Cl)c(Cl)c1=O)[C@@H]1C[C@H]2CC[C@H]1C2. The number of nitrogens with one attached hydrogen (secondary N) is 2. The molecular weight excluding hydrogens is 367 g/mol. The third-order valence-electron chi connectivity index (χ3n) is 5.28. The molecule has 0 spiro atoms. The second-order valence-corrected chi connectivity index (χ2v) is 7.70. The molecule has 1 heterocycles. The predicted octanol–water partition coefficient (Wildman–Crippen LogP) is 2.20. The van der Waals surface area contributed by atoms with Gasteiger partial charge in [0.2, 0.25) is 5.91 Å². The van der Waals surface area contributed by atoms with E-state index in [2.05, 4.69) is 15.7 Å². The molecule has 2 aliphatic carbocycles. The molecule has 1 aromatic rings. The number of amides is 3. The molecule has 3 rings (SSSR count). The van der Waals surface area contributed by atoms with E-state index < -0.39 is 24.0 Å². The molecular formula is C16H20Cl2N4O3. The van der Waals surface area contributed by atoms with Gasteiger partial charge in [-0.25, -0.2) is 9.48 Å². The fourth-order valence-corrected chi connectivity index (χ4v) is 4.39. The van der Waals surface area contributed by atoms with E-state index in [1.165, 1.54) is 25.5 Å². The number of imide groups is 1. The molecule has 25 heavy (non-hydrogen) atoms. The number of aromatic nitrogens is 2. The van der Waals surface area contributed by atoms with Crippen molar-refractivity contribution in [2.75, 3.05) is 0 Å². The molecule has 7 nitrogen and oxygen atoms in total. The zero-order valence-corrected chi connectivity index (χ0v) is 15.3. The third-order valence-corrected chi connectivity index (χ3v) is 6.03. The second-order valence-electron chi connectivity index (χ2n) is 6.92. The Bertz CT molecular complexity index is 751. The maximum atomic E-state index is 12.0.